The van der Waals surface area contributed by atoms with E-state index >= 15 is 0 Å². The molecular formula is C12H9BrF3N3O. The molecule has 1 N–H and O–H groups in total. The Labute approximate surface area is 120 Å². The first-order valence-electron chi connectivity index (χ1n) is 5.51. The Balaban J connectivity index is 2.00. The molecule has 1 heterocycles. The zero-order valence-electron chi connectivity index (χ0n) is 9.99. The normalized spacial score (nSPS) is 11.4. The lowest BCUT2D eigenvalue weighted by molar-refractivity contribution is -0.141. The van der Waals surface area contributed by atoms with E-state index in [0.717, 1.165) is 21.4 Å². The Hall–Kier alpha value is -1.83. The molecule has 0 saturated heterocycles. The van der Waals surface area contributed by atoms with Crippen molar-refractivity contribution in [1.82, 2.24) is 9.78 Å². The topological polar surface area (TPSA) is 46.9 Å². The molecule has 2 aromatic rings. The van der Waals surface area contributed by atoms with Crippen molar-refractivity contribution in [3.8, 4) is 0 Å². The monoisotopic (exact) mass is 347 g/mol. The number of nitrogens with zero attached hydrogens (tertiary/aromatic N) is 2. The van der Waals surface area contributed by atoms with E-state index in [4.69, 9.17) is 0 Å². The lowest BCUT2D eigenvalue weighted by Gasteiger charge is -2.06. The average Bonchev–Trinajstić information content (AvgIpc) is 2.76. The fraction of sp³-hybridized carbons (Fsp3) is 0.167. The second kappa shape index (κ2) is 5.66. The van der Waals surface area contributed by atoms with Gasteiger partial charge in [0.1, 0.15) is 6.54 Å². The largest absolute Gasteiger partial charge is 0.435 e. The molecule has 0 fully saturated rings. The maximum Gasteiger partial charge on any atom is 0.435 e. The number of nitrogens with one attached hydrogen (secondary N) is 1. The van der Waals surface area contributed by atoms with Crippen LogP contribution in [-0.4, -0.2) is 15.7 Å². The Kier molecular flexibility index (Phi) is 4.12. The molecule has 0 saturated carbocycles. The van der Waals surface area contributed by atoms with Crippen LogP contribution in [0.3, 0.4) is 0 Å². The number of hydrogen-bond donors (Lipinski definition) is 1. The first kappa shape index (κ1) is 14.6. The lowest BCUT2D eigenvalue weighted by Crippen LogP contribution is -2.19. The number of benzene rings is 1. The van der Waals surface area contributed by atoms with Crippen molar-refractivity contribution in [3.05, 3.63) is 46.7 Å². The molecule has 0 aliphatic carbocycles. The SMILES string of the molecule is O=C(Cn1ccc(C(F)(F)F)n1)Nc1cccc(Br)c1. The van der Waals surface area contributed by atoms with Gasteiger partial charge in [0.05, 0.1) is 0 Å². The van der Waals surface area contributed by atoms with Gasteiger partial charge in [0, 0.05) is 16.4 Å². The number of anilines is 1. The van der Waals surface area contributed by atoms with Crippen LogP contribution in [0, 0.1) is 0 Å². The summed E-state index contributed by atoms with van der Waals surface area (Å²) in [6.45, 7) is -0.289. The zero-order chi connectivity index (χ0) is 14.8. The average molecular weight is 348 g/mol. The molecule has 0 bridgehead atoms. The van der Waals surface area contributed by atoms with Crippen LogP contribution >= 0.6 is 15.9 Å². The van der Waals surface area contributed by atoms with Crippen LogP contribution in [0.25, 0.3) is 0 Å². The van der Waals surface area contributed by atoms with Crippen LogP contribution in [0.15, 0.2) is 41.0 Å². The van der Waals surface area contributed by atoms with Crippen LogP contribution in [0.5, 0.6) is 0 Å². The summed E-state index contributed by atoms with van der Waals surface area (Å²) in [5, 5.41) is 5.87. The molecule has 0 atom stereocenters. The van der Waals surface area contributed by atoms with Crippen LogP contribution in [-0.2, 0) is 17.5 Å². The van der Waals surface area contributed by atoms with E-state index in [1.807, 2.05) is 0 Å². The van der Waals surface area contributed by atoms with Gasteiger partial charge in [0.15, 0.2) is 5.69 Å². The number of hydrogen-bond acceptors (Lipinski definition) is 2. The molecule has 0 aliphatic rings. The van der Waals surface area contributed by atoms with E-state index in [-0.39, 0.29) is 6.54 Å². The van der Waals surface area contributed by atoms with Gasteiger partial charge >= 0.3 is 6.18 Å². The van der Waals surface area contributed by atoms with Crippen molar-refractivity contribution in [2.24, 2.45) is 0 Å². The Morgan fingerprint density at radius 2 is 2.10 bits per heavy atom. The molecule has 106 valence electrons. The van der Waals surface area contributed by atoms with Gasteiger partial charge in [-0.15, -0.1) is 0 Å². The molecule has 0 spiro atoms. The third-order valence-electron chi connectivity index (χ3n) is 2.35. The van der Waals surface area contributed by atoms with Gasteiger partial charge in [-0.2, -0.15) is 18.3 Å². The number of carbonyl (C=O) groups is 1. The first-order valence-corrected chi connectivity index (χ1v) is 6.30. The number of rotatable bonds is 3. The van der Waals surface area contributed by atoms with Crippen LogP contribution in [0.4, 0.5) is 18.9 Å². The van der Waals surface area contributed by atoms with Gasteiger partial charge in [-0.1, -0.05) is 22.0 Å². The van der Waals surface area contributed by atoms with E-state index in [1.54, 1.807) is 24.3 Å². The molecule has 4 nitrogen and oxygen atoms in total. The Morgan fingerprint density at radius 3 is 2.70 bits per heavy atom. The van der Waals surface area contributed by atoms with Crippen molar-refractivity contribution in [1.29, 1.82) is 0 Å². The van der Waals surface area contributed by atoms with Crippen molar-refractivity contribution in [2.75, 3.05) is 5.32 Å². The van der Waals surface area contributed by atoms with E-state index < -0.39 is 17.8 Å². The third-order valence-corrected chi connectivity index (χ3v) is 2.84. The highest BCUT2D eigenvalue weighted by Gasteiger charge is 2.33. The van der Waals surface area contributed by atoms with Gasteiger partial charge in [-0.05, 0) is 24.3 Å². The highest BCUT2D eigenvalue weighted by Crippen LogP contribution is 2.27. The molecule has 20 heavy (non-hydrogen) atoms. The third kappa shape index (κ3) is 3.83. The van der Waals surface area contributed by atoms with Crippen molar-refractivity contribution in [3.63, 3.8) is 0 Å². The summed E-state index contributed by atoms with van der Waals surface area (Å²) >= 11 is 3.25. The van der Waals surface area contributed by atoms with E-state index in [2.05, 4.69) is 26.3 Å². The zero-order valence-corrected chi connectivity index (χ0v) is 11.6. The van der Waals surface area contributed by atoms with Crippen LogP contribution < -0.4 is 5.32 Å². The number of amides is 1. The summed E-state index contributed by atoms with van der Waals surface area (Å²) in [5.41, 5.74) is -0.472. The molecule has 8 heteroatoms. The molecule has 1 amide bonds. The van der Waals surface area contributed by atoms with Crippen LogP contribution in [0.1, 0.15) is 5.69 Å². The predicted molar refractivity (Wildman–Crippen MR) is 70.0 cm³/mol. The molecular weight excluding hydrogens is 339 g/mol. The number of aromatic nitrogens is 2. The highest BCUT2D eigenvalue weighted by molar-refractivity contribution is 9.10. The number of alkyl halides is 3. The Bertz CT molecular complexity index is 624. The summed E-state index contributed by atoms with van der Waals surface area (Å²) in [6.07, 6.45) is -3.39. The molecule has 0 aliphatic heterocycles. The molecule has 1 aromatic carbocycles. The first-order chi connectivity index (χ1) is 9.34. The smallest absolute Gasteiger partial charge is 0.324 e. The quantitative estimate of drug-likeness (QED) is 0.925. The molecule has 1 aromatic heterocycles. The maximum atomic E-state index is 12.3. The molecule has 0 radical (unpaired) electrons. The van der Waals surface area contributed by atoms with Gasteiger partial charge < -0.3 is 5.32 Å². The van der Waals surface area contributed by atoms with Crippen molar-refractivity contribution in [2.45, 2.75) is 12.7 Å². The fourth-order valence-corrected chi connectivity index (χ4v) is 1.91. The maximum absolute atomic E-state index is 12.3. The summed E-state index contributed by atoms with van der Waals surface area (Å²) in [4.78, 5) is 11.7. The lowest BCUT2D eigenvalue weighted by atomic mass is 10.3. The minimum atomic E-state index is -4.51. The molecule has 2 rings (SSSR count). The van der Waals surface area contributed by atoms with Gasteiger partial charge in [-0.25, -0.2) is 0 Å². The van der Waals surface area contributed by atoms with E-state index in [1.165, 1.54) is 0 Å². The fourth-order valence-electron chi connectivity index (χ4n) is 1.51. The van der Waals surface area contributed by atoms with E-state index in [9.17, 15) is 18.0 Å². The van der Waals surface area contributed by atoms with Crippen LogP contribution in [0.2, 0.25) is 0 Å². The van der Waals surface area contributed by atoms with Gasteiger partial charge in [-0.3, -0.25) is 9.48 Å². The number of carbonyl (C=O) groups excluding carboxylic acids is 1. The van der Waals surface area contributed by atoms with Crippen molar-refractivity contribution < 1.29 is 18.0 Å². The summed E-state index contributed by atoms with van der Waals surface area (Å²) in [7, 11) is 0. The highest BCUT2D eigenvalue weighted by atomic mass is 79.9. The minimum Gasteiger partial charge on any atom is -0.324 e. The van der Waals surface area contributed by atoms with Gasteiger partial charge in [0.25, 0.3) is 0 Å². The minimum absolute atomic E-state index is 0.289. The number of halogens is 4. The second-order valence-corrected chi connectivity index (χ2v) is 4.87. The standard InChI is InChI=1S/C12H9BrF3N3O/c13-8-2-1-3-9(6-8)17-11(20)7-19-5-4-10(18-19)12(14,15)16/h1-6H,7H2,(H,17,20). The molecule has 0 unspecified atom stereocenters. The van der Waals surface area contributed by atoms with Crippen molar-refractivity contribution >= 4 is 27.5 Å². The summed E-state index contributed by atoms with van der Waals surface area (Å²) in [6, 6.07) is 7.70. The van der Waals surface area contributed by atoms with Gasteiger partial charge in [0.2, 0.25) is 5.91 Å². The second-order valence-electron chi connectivity index (χ2n) is 3.95. The summed E-state index contributed by atoms with van der Waals surface area (Å²) < 4.78 is 38.8. The predicted octanol–water partition coefficient (Wildman–Crippen LogP) is 3.30. The van der Waals surface area contributed by atoms with E-state index in [0.29, 0.717) is 5.69 Å². The summed E-state index contributed by atoms with van der Waals surface area (Å²) in [5.74, 6) is -0.458. The Morgan fingerprint density at radius 1 is 1.35 bits per heavy atom.